The number of aromatic hydroxyl groups is 1. The van der Waals surface area contributed by atoms with Gasteiger partial charge in [0.15, 0.2) is 6.10 Å². The highest BCUT2D eigenvalue weighted by Crippen LogP contribution is 2.31. The molecule has 0 spiro atoms. The van der Waals surface area contributed by atoms with Crippen LogP contribution in [0.4, 0.5) is 0 Å². The summed E-state index contributed by atoms with van der Waals surface area (Å²) >= 11 is 0. The standard InChI is InChI=1S/C24H30N2O4/c1-8-15(5)26-23(28)19(12-25)16(6)21(24(26)29)22(27)17(7)30-20-11-14(4)9-10-18(20)13(2)3/h9-11,13,15,17,29H,8H2,1-7H3. The maximum Gasteiger partial charge on any atom is 0.271 e. The molecule has 1 aromatic heterocycles. The van der Waals surface area contributed by atoms with Crippen LogP contribution < -0.4 is 10.3 Å². The smallest absolute Gasteiger partial charge is 0.271 e. The molecule has 0 bridgehead atoms. The highest BCUT2D eigenvalue weighted by molar-refractivity contribution is 6.03. The summed E-state index contributed by atoms with van der Waals surface area (Å²) in [6, 6.07) is 7.38. The lowest BCUT2D eigenvalue weighted by molar-refractivity contribution is 0.0810. The van der Waals surface area contributed by atoms with Crippen molar-refractivity contribution in [2.75, 3.05) is 0 Å². The van der Waals surface area contributed by atoms with Crippen LogP contribution in [0.1, 0.15) is 85.6 Å². The van der Waals surface area contributed by atoms with Gasteiger partial charge >= 0.3 is 0 Å². The number of carbonyl (C=O) groups excluding carboxylic acids is 1. The maximum absolute atomic E-state index is 13.3. The van der Waals surface area contributed by atoms with E-state index in [9.17, 15) is 20.0 Å². The Kier molecular flexibility index (Phi) is 7.09. The van der Waals surface area contributed by atoms with Crippen molar-refractivity contribution in [2.45, 2.75) is 73.0 Å². The Morgan fingerprint density at radius 2 is 1.87 bits per heavy atom. The number of nitriles is 1. The number of hydrogen-bond acceptors (Lipinski definition) is 5. The van der Waals surface area contributed by atoms with Crippen molar-refractivity contribution in [1.29, 1.82) is 5.26 Å². The Hall–Kier alpha value is -3.07. The summed E-state index contributed by atoms with van der Waals surface area (Å²) < 4.78 is 7.14. The minimum Gasteiger partial charge on any atom is -0.494 e. The van der Waals surface area contributed by atoms with E-state index in [1.807, 2.05) is 52.0 Å². The van der Waals surface area contributed by atoms with Gasteiger partial charge in [0.2, 0.25) is 11.7 Å². The van der Waals surface area contributed by atoms with Gasteiger partial charge in [-0.1, -0.05) is 32.9 Å². The number of benzene rings is 1. The van der Waals surface area contributed by atoms with Gasteiger partial charge in [-0.3, -0.25) is 14.2 Å². The molecule has 30 heavy (non-hydrogen) atoms. The van der Waals surface area contributed by atoms with Gasteiger partial charge < -0.3 is 9.84 Å². The van der Waals surface area contributed by atoms with Gasteiger partial charge in [0.05, 0.1) is 5.56 Å². The number of Topliss-reactive ketones (excluding diaryl/α,β-unsaturated/α-hetero) is 1. The van der Waals surface area contributed by atoms with Crippen LogP contribution in [0.3, 0.4) is 0 Å². The normalized spacial score (nSPS) is 13.0. The molecule has 0 saturated carbocycles. The summed E-state index contributed by atoms with van der Waals surface area (Å²) in [5.74, 6) is -0.0799. The number of aromatic nitrogens is 1. The quantitative estimate of drug-likeness (QED) is 0.663. The summed E-state index contributed by atoms with van der Waals surface area (Å²) in [6.45, 7) is 12.8. The first-order valence-electron chi connectivity index (χ1n) is 10.2. The third kappa shape index (κ3) is 4.25. The molecule has 6 heteroatoms. The molecule has 2 atom stereocenters. The van der Waals surface area contributed by atoms with Gasteiger partial charge in [-0.2, -0.15) is 5.26 Å². The van der Waals surface area contributed by atoms with Crippen molar-refractivity contribution >= 4 is 5.78 Å². The lowest BCUT2D eigenvalue weighted by atomic mass is 9.98. The minimum absolute atomic E-state index is 0.0438. The monoisotopic (exact) mass is 410 g/mol. The number of ketones is 1. The highest BCUT2D eigenvalue weighted by Gasteiger charge is 2.29. The molecule has 0 saturated heterocycles. The zero-order valence-electron chi connectivity index (χ0n) is 18.7. The Morgan fingerprint density at radius 1 is 1.23 bits per heavy atom. The molecule has 1 heterocycles. The van der Waals surface area contributed by atoms with Gasteiger partial charge in [-0.25, -0.2) is 0 Å². The largest absolute Gasteiger partial charge is 0.494 e. The molecule has 160 valence electrons. The molecule has 2 unspecified atom stereocenters. The third-order valence-electron chi connectivity index (χ3n) is 5.49. The Bertz CT molecular complexity index is 1060. The van der Waals surface area contributed by atoms with Crippen LogP contribution in [-0.4, -0.2) is 21.6 Å². The van der Waals surface area contributed by atoms with Crippen molar-refractivity contribution in [3.8, 4) is 17.7 Å². The highest BCUT2D eigenvalue weighted by atomic mass is 16.5. The van der Waals surface area contributed by atoms with Crippen molar-refractivity contribution < 1.29 is 14.6 Å². The van der Waals surface area contributed by atoms with Crippen molar-refractivity contribution in [2.24, 2.45) is 0 Å². The SMILES string of the molecule is CCC(C)n1c(O)c(C(=O)C(C)Oc2cc(C)ccc2C(C)C)c(C)c(C#N)c1=O. The van der Waals surface area contributed by atoms with Crippen LogP contribution in [0, 0.1) is 25.2 Å². The number of ether oxygens (including phenoxy) is 1. The van der Waals surface area contributed by atoms with Crippen molar-refractivity contribution in [3.05, 3.63) is 56.4 Å². The summed E-state index contributed by atoms with van der Waals surface area (Å²) in [6.07, 6.45) is -0.356. The van der Waals surface area contributed by atoms with E-state index in [4.69, 9.17) is 4.74 Å². The second kappa shape index (κ2) is 9.17. The number of carbonyl (C=O) groups is 1. The fraction of sp³-hybridized carbons (Fsp3) is 0.458. The lowest BCUT2D eigenvalue weighted by Crippen LogP contribution is -2.32. The Labute approximate surface area is 177 Å². The van der Waals surface area contributed by atoms with Crippen molar-refractivity contribution in [3.63, 3.8) is 0 Å². The third-order valence-corrected chi connectivity index (χ3v) is 5.49. The van der Waals surface area contributed by atoms with E-state index in [2.05, 4.69) is 0 Å². The second-order valence-corrected chi connectivity index (χ2v) is 8.06. The molecule has 0 fully saturated rings. The molecule has 6 nitrogen and oxygen atoms in total. The Morgan fingerprint density at radius 3 is 2.40 bits per heavy atom. The number of hydrogen-bond donors (Lipinski definition) is 1. The van der Waals surface area contributed by atoms with Gasteiger partial charge in [0.25, 0.3) is 5.56 Å². The van der Waals surface area contributed by atoms with Crippen LogP contribution in [-0.2, 0) is 0 Å². The van der Waals surface area contributed by atoms with Crippen LogP contribution in [0.15, 0.2) is 23.0 Å². The van der Waals surface area contributed by atoms with E-state index in [-0.39, 0.29) is 28.7 Å². The van der Waals surface area contributed by atoms with Crippen LogP contribution in [0.5, 0.6) is 11.6 Å². The average Bonchev–Trinajstić information content (AvgIpc) is 2.67. The predicted molar refractivity (Wildman–Crippen MR) is 117 cm³/mol. The van der Waals surface area contributed by atoms with E-state index in [1.165, 1.54) is 6.92 Å². The minimum atomic E-state index is -0.914. The average molecular weight is 411 g/mol. The topological polar surface area (TPSA) is 92.3 Å². The fourth-order valence-electron chi connectivity index (χ4n) is 3.48. The molecule has 1 N–H and O–H groups in total. The summed E-state index contributed by atoms with van der Waals surface area (Å²) in [5, 5.41) is 20.3. The molecule has 0 aliphatic rings. The molecule has 0 aliphatic heterocycles. The zero-order valence-corrected chi connectivity index (χ0v) is 18.7. The number of pyridine rings is 1. The van der Waals surface area contributed by atoms with Crippen LogP contribution in [0.25, 0.3) is 0 Å². The van der Waals surface area contributed by atoms with E-state index in [0.717, 1.165) is 15.7 Å². The van der Waals surface area contributed by atoms with Crippen LogP contribution in [0.2, 0.25) is 0 Å². The molecular weight excluding hydrogens is 380 g/mol. The maximum atomic E-state index is 13.3. The first kappa shape index (κ1) is 23.2. The van der Waals surface area contributed by atoms with E-state index in [0.29, 0.717) is 12.2 Å². The number of nitrogens with zero attached hydrogens (tertiary/aromatic N) is 2. The molecular formula is C24H30N2O4. The molecule has 0 amide bonds. The van der Waals surface area contributed by atoms with Gasteiger partial charge in [-0.15, -0.1) is 0 Å². The summed E-state index contributed by atoms with van der Waals surface area (Å²) in [7, 11) is 0. The summed E-state index contributed by atoms with van der Waals surface area (Å²) in [5.41, 5.74) is 1.38. The molecule has 0 radical (unpaired) electrons. The first-order chi connectivity index (χ1) is 14.0. The predicted octanol–water partition coefficient (Wildman–Crippen LogP) is 4.79. The zero-order chi connectivity index (χ0) is 22.7. The first-order valence-corrected chi connectivity index (χ1v) is 10.2. The van der Waals surface area contributed by atoms with E-state index < -0.39 is 23.3 Å². The van der Waals surface area contributed by atoms with Crippen molar-refractivity contribution in [1.82, 2.24) is 4.57 Å². The molecule has 0 aliphatic carbocycles. The van der Waals surface area contributed by atoms with Crippen LogP contribution >= 0.6 is 0 Å². The van der Waals surface area contributed by atoms with E-state index in [1.54, 1.807) is 13.8 Å². The number of rotatable bonds is 7. The molecule has 2 aromatic rings. The molecule has 2 rings (SSSR count). The number of aryl methyl sites for hydroxylation is 1. The van der Waals surface area contributed by atoms with Gasteiger partial charge in [0, 0.05) is 6.04 Å². The second-order valence-electron chi connectivity index (χ2n) is 8.06. The van der Waals surface area contributed by atoms with E-state index >= 15 is 0 Å². The molecule has 1 aromatic carbocycles. The fourth-order valence-corrected chi connectivity index (χ4v) is 3.48. The summed E-state index contributed by atoms with van der Waals surface area (Å²) in [4.78, 5) is 26.0. The van der Waals surface area contributed by atoms with Gasteiger partial charge in [0.1, 0.15) is 17.4 Å². The lowest BCUT2D eigenvalue weighted by Gasteiger charge is -2.22. The Balaban J connectivity index is 2.58. The van der Waals surface area contributed by atoms with Gasteiger partial charge in [-0.05, 0) is 62.8 Å².